The van der Waals surface area contributed by atoms with E-state index in [0.717, 1.165) is 19.3 Å². The van der Waals surface area contributed by atoms with Gasteiger partial charge >= 0.3 is 0 Å². The molecule has 0 aromatic rings. The average molecular weight is 254 g/mol. The van der Waals surface area contributed by atoms with Gasteiger partial charge in [-0.2, -0.15) is 0 Å². The van der Waals surface area contributed by atoms with Crippen LogP contribution in [0.2, 0.25) is 0 Å². The molecule has 2 saturated heterocycles. The van der Waals surface area contributed by atoms with Crippen molar-refractivity contribution in [1.29, 1.82) is 0 Å². The van der Waals surface area contributed by atoms with Crippen molar-refractivity contribution in [2.45, 2.75) is 51.5 Å². The molecule has 2 rings (SSSR count). The fraction of sp³-hybridized carbons (Fsp3) is 1.00. The van der Waals surface area contributed by atoms with Crippen molar-refractivity contribution in [2.24, 2.45) is 5.41 Å². The van der Waals surface area contributed by atoms with Crippen LogP contribution < -0.4 is 5.32 Å². The quantitative estimate of drug-likeness (QED) is 0.814. The summed E-state index contributed by atoms with van der Waals surface area (Å²) in [6.07, 6.45) is 7.86. The van der Waals surface area contributed by atoms with Crippen LogP contribution in [0.4, 0.5) is 0 Å². The van der Waals surface area contributed by atoms with Crippen LogP contribution in [0.3, 0.4) is 0 Å². The summed E-state index contributed by atoms with van der Waals surface area (Å²) in [6, 6.07) is 0.745. The second kappa shape index (κ2) is 6.88. The molecule has 2 aliphatic heterocycles. The molecule has 106 valence electrons. The van der Waals surface area contributed by atoms with Crippen molar-refractivity contribution in [2.75, 3.05) is 39.9 Å². The second-order valence-corrected chi connectivity index (χ2v) is 6.29. The molecule has 2 heterocycles. The number of nitrogens with one attached hydrogen (secondary N) is 1. The number of piperidine rings is 1. The van der Waals surface area contributed by atoms with Gasteiger partial charge in [-0.05, 0) is 51.1 Å². The van der Waals surface area contributed by atoms with E-state index in [9.17, 15) is 0 Å². The van der Waals surface area contributed by atoms with E-state index in [1.165, 1.54) is 58.2 Å². The summed E-state index contributed by atoms with van der Waals surface area (Å²) in [5.41, 5.74) is 0.528. The lowest BCUT2D eigenvalue weighted by atomic mass is 9.76. The molecule has 0 aromatic carbocycles. The summed E-state index contributed by atoms with van der Waals surface area (Å²) >= 11 is 0. The van der Waals surface area contributed by atoms with E-state index in [-0.39, 0.29) is 0 Å². The van der Waals surface area contributed by atoms with Crippen LogP contribution in [0.1, 0.15) is 45.4 Å². The van der Waals surface area contributed by atoms with E-state index >= 15 is 0 Å². The van der Waals surface area contributed by atoms with Gasteiger partial charge in [0.1, 0.15) is 0 Å². The number of rotatable bonds is 5. The van der Waals surface area contributed by atoms with Crippen molar-refractivity contribution in [1.82, 2.24) is 10.2 Å². The standard InChI is InChI=1S/C15H30N2O/c1-3-7-15(8-4-9-16-12-15)13-17(2)14-5-10-18-11-6-14/h14,16H,3-13H2,1-2H3. The van der Waals surface area contributed by atoms with E-state index < -0.39 is 0 Å². The lowest BCUT2D eigenvalue weighted by Gasteiger charge is -2.43. The number of nitrogens with zero attached hydrogens (tertiary/aromatic N) is 1. The largest absolute Gasteiger partial charge is 0.381 e. The van der Waals surface area contributed by atoms with Crippen molar-refractivity contribution in [3.63, 3.8) is 0 Å². The van der Waals surface area contributed by atoms with Gasteiger partial charge < -0.3 is 15.0 Å². The summed E-state index contributed by atoms with van der Waals surface area (Å²) in [4.78, 5) is 2.62. The molecule has 2 fully saturated rings. The van der Waals surface area contributed by atoms with Crippen molar-refractivity contribution in [3.05, 3.63) is 0 Å². The predicted molar refractivity (Wildman–Crippen MR) is 75.9 cm³/mol. The Morgan fingerprint density at radius 2 is 2.11 bits per heavy atom. The fourth-order valence-corrected chi connectivity index (χ4v) is 3.77. The van der Waals surface area contributed by atoms with Crippen molar-refractivity contribution in [3.8, 4) is 0 Å². The van der Waals surface area contributed by atoms with Gasteiger partial charge in [0.2, 0.25) is 0 Å². The van der Waals surface area contributed by atoms with Gasteiger partial charge in [0.25, 0.3) is 0 Å². The van der Waals surface area contributed by atoms with Gasteiger partial charge in [-0.1, -0.05) is 13.3 Å². The predicted octanol–water partition coefficient (Wildman–Crippen LogP) is 2.27. The van der Waals surface area contributed by atoms with E-state index in [4.69, 9.17) is 4.74 Å². The lowest BCUT2D eigenvalue weighted by Crippen LogP contribution is -2.49. The van der Waals surface area contributed by atoms with Gasteiger partial charge in [0.05, 0.1) is 0 Å². The van der Waals surface area contributed by atoms with Gasteiger partial charge in [0, 0.05) is 32.3 Å². The zero-order valence-corrected chi connectivity index (χ0v) is 12.2. The summed E-state index contributed by atoms with van der Waals surface area (Å²) in [7, 11) is 2.32. The Balaban J connectivity index is 1.90. The highest BCUT2D eigenvalue weighted by atomic mass is 16.5. The first kappa shape index (κ1) is 14.3. The molecular formula is C15H30N2O. The van der Waals surface area contributed by atoms with Gasteiger partial charge in [-0.15, -0.1) is 0 Å². The minimum atomic E-state index is 0.528. The van der Waals surface area contributed by atoms with Crippen LogP contribution in [0.25, 0.3) is 0 Å². The van der Waals surface area contributed by atoms with E-state index in [1.807, 2.05) is 0 Å². The SMILES string of the molecule is CCCC1(CN(C)C2CCOCC2)CCCNC1. The molecule has 2 aliphatic rings. The Bertz CT molecular complexity index is 227. The molecule has 0 aliphatic carbocycles. The van der Waals surface area contributed by atoms with Crippen molar-refractivity contribution >= 4 is 0 Å². The molecule has 3 heteroatoms. The molecule has 1 unspecified atom stereocenters. The maximum atomic E-state index is 5.47. The highest BCUT2D eigenvalue weighted by molar-refractivity contribution is 4.89. The Morgan fingerprint density at radius 3 is 2.72 bits per heavy atom. The molecule has 0 saturated carbocycles. The van der Waals surface area contributed by atoms with Crippen LogP contribution >= 0.6 is 0 Å². The Morgan fingerprint density at radius 1 is 1.33 bits per heavy atom. The van der Waals surface area contributed by atoms with Gasteiger partial charge in [-0.25, -0.2) is 0 Å². The maximum Gasteiger partial charge on any atom is 0.0480 e. The number of hydrogen-bond donors (Lipinski definition) is 1. The summed E-state index contributed by atoms with van der Waals surface area (Å²) < 4.78 is 5.47. The van der Waals surface area contributed by atoms with Crippen LogP contribution in [0.5, 0.6) is 0 Å². The first-order chi connectivity index (χ1) is 8.76. The molecule has 18 heavy (non-hydrogen) atoms. The Labute approximate surface area is 112 Å². The highest BCUT2D eigenvalue weighted by Gasteiger charge is 2.34. The second-order valence-electron chi connectivity index (χ2n) is 6.29. The minimum absolute atomic E-state index is 0.528. The van der Waals surface area contributed by atoms with Crippen LogP contribution in [0, 0.1) is 5.41 Å². The molecule has 0 amide bonds. The molecule has 1 atom stereocenters. The summed E-state index contributed by atoms with van der Waals surface area (Å²) in [5.74, 6) is 0. The summed E-state index contributed by atoms with van der Waals surface area (Å²) in [6.45, 7) is 7.92. The van der Waals surface area contributed by atoms with E-state index in [2.05, 4.69) is 24.2 Å². The smallest absolute Gasteiger partial charge is 0.0480 e. The first-order valence-electron chi connectivity index (χ1n) is 7.74. The van der Waals surface area contributed by atoms with Gasteiger partial charge in [0.15, 0.2) is 0 Å². The number of hydrogen-bond acceptors (Lipinski definition) is 3. The third kappa shape index (κ3) is 3.69. The molecule has 0 bridgehead atoms. The summed E-state index contributed by atoms with van der Waals surface area (Å²) in [5, 5.41) is 3.62. The van der Waals surface area contributed by atoms with Crippen LogP contribution in [-0.4, -0.2) is 50.8 Å². The normalized spacial score (nSPS) is 30.8. The van der Waals surface area contributed by atoms with E-state index in [0.29, 0.717) is 5.41 Å². The molecule has 3 nitrogen and oxygen atoms in total. The zero-order chi connectivity index (χ0) is 12.8. The van der Waals surface area contributed by atoms with Gasteiger partial charge in [-0.3, -0.25) is 0 Å². The Kier molecular flexibility index (Phi) is 5.46. The first-order valence-corrected chi connectivity index (χ1v) is 7.74. The molecule has 0 radical (unpaired) electrons. The molecule has 0 spiro atoms. The Hall–Kier alpha value is -0.120. The molecule has 0 aromatic heterocycles. The highest BCUT2D eigenvalue weighted by Crippen LogP contribution is 2.33. The third-order valence-corrected chi connectivity index (χ3v) is 4.74. The molecule has 1 N–H and O–H groups in total. The topological polar surface area (TPSA) is 24.5 Å². The third-order valence-electron chi connectivity index (χ3n) is 4.74. The number of ether oxygens (including phenoxy) is 1. The monoisotopic (exact) mass is 254 g/mol. The fourth-order valence-electron chi connectivity index (χ4n) is 3.77. The van der Waals surface area contributed by atoms with Crippen LogP contribution in [-0.2, 0) is 4.74 Å². The molecular weight excluding hydrogens is 224 g/mol. The minimum Gasteiger partial charge on any atom is -0.381 e. The van der Waals surface area contributed by atoms with E-state index in [1.54, 1.807) is 0 Å². The average Bonchev–Trinajstić information content (AvgIpc) is 2.41. The van der Waals surface area contributed by atoms with Crippen LogP contribution in [0.15, 0.2) is 0 Å². The zero-order valence-electron chi connectivity index (χ0n) is 12.2. The van der Waals surface area contributed by atoms with Crippen molar-refractivity contribution < 1.29 is 4.74 Å². The lowest BCUT2D eigenvalue weighted by molar-refractivity contribution is 0.0203. The maximum absolute atomic E-state index is 5.47.